The molecule has 12 heteroatoms. The number of anilines is 2. The summed E-state index contributed by atoms with van der Waals surface area (Å²) in [6, 6.07) is 10.8. The summed E-state index contributed by atoms with van der Waals surface area (Å²) >= 11 is 0.708. The molecular weight excluding hydrogens is 510 g/mol. The molecule has 3 rings (SSSR count). The summed E-state index contributed by atoms with van der Waals surface area (Å²) in [4.78, 5) is 52.8. The molecule has 0 spiro atoms. The quantitative estimate of drug-likeness (QED) is 0.330. The second-order valence-electron chi connectivity index (χ2n) is 8.30. The molecule has 0 aliphatic rings. The van der Waals surface area contributed by atoms with Crippen LogP contribution in [0.25, 0.3) is 0 Å². The van der Waals surface area contributed by atoms with Crippen molar-refractivity contribution in [1.82, 2.24) is 9.69 Å². The molecule has 3 aromatic rings. The van der Waals surface area contributed by atoms with Crippen molar-refractivity contribution >= 4 is 46.6 Å². The summed E-state index contributed by atoms with van der Waals surface area (Å²) in [6.07, 6.45) is 0. The Morgan fingerprint density at radius 2 is 1.79 bits per heavy atom. The monoisotopic (exact) mass is 539 g/mol. The number of benzene rings is 2. The number of aryl methyl sites for hydroxylation is 2. The number of nitrogen functional groups attached to an aromatic ring is 1. The minimum absolute atomic E-state index is 0.0589. The number of nitrogens with one attached hydrogen (secondary N) is 1. The predicted octanol–water partition coefficient (Wildman–Crippen LogP) is 2.52. The van der Waals surface area contributed by atoms with E-state index in [0.29, 0.717) is 34.1 Å². The molecule has 0 fully saturated rings. The highest BCUT2D eigenvalue weighted by Crippen LogP contribution is 2.35. The maximum absolute atomic E-state index is 14.1. The smallest absolute Gasteiger partial charge is 0.325 e. The number of carbonyl (C=O) groups is 4. The molecule has 0 unspecified atom stereocenters. The normalized spacial score (nSPS) is 11.4. The van der Waals surface area contributed by atoms with Crippen LogP contribution in [0.5, 0.6) is 5.75 Å². The zero-order valence-electron chi connectivity index (χ0n) is 21.4. The number of amides is 3. The zero-order valence-corrected chi connectivity index (χ0v) is 22.3. The number of nitrogens with zero attached hydrogens (tertiary/aromatic N) is 2. The lowest BCUT2D eigenvalue weighted by molar-refractivity contribution is -0.143. The van der Waals surface area contributed by atoms with Crippen LogP contribution >= 0.6 is 11.5 Å². The van der Waals surface area contributed by atoms with E-state index in [2.05, 4.69) is 9.69 Å². The van der Waals surface area contributed by atoms with Crippen LogP contribution in [0.15, 0.2) is 42.5 Å². The summed E-state index contributed by atoms with van der Waals surface area (Å²) in [5.41, 5.74) is 13.4. The van der Waals surface area contributed by atoms with Crippen molar-refractivity contribution in [2.75, 3.05) is 30.9 Å². The van der Waals surface area contributed by atoms with Crippen molar-refractivity contribution in [3.8, 4) is 5.75 Å². The first-order chi connectivity index (χ1) is 18.1. The number of carbonyl (C=O) groups excluding carboxylic acids is 4. The molecule has 2 aromatic carbocycles. The van der Waals surface area contributed by atoms with Crippen molar-refractivity contribution < 1.29 is 28.7 Å². The number of esters is 1. The molecule has 3 amide bonds. The average Bonchev–Trinajstić information content (AvgIpc) is 3.29. The Kier molecular flexibility index (Phi) is 9.02. The van der Waals surface area contributed by atoms with Gasteiger partial charge in [-0.3, -0.25) is 24.1 Å². The van der Waals surface area contributed by atoms with Crippen molar-refractivity contribution in [1.29, 1.82) is 0 Å². The Morgan fingerprint density at radius 3 is 2.37 bits per heavy atom. The van der Waals surface area contributed by atoms with E-state index in [4.69, 9.17) is 20.9 Å². The van der Waals surface area contributed by atoms with Gasteiger partial charge in [0, 0.05) is 5.69 Å². The van der Waals surface area contributed by atoms with Gasteiger partial charge in [-0.2, -0.15) is 4.37 Å². The van der Waals surface area contributed by atoms with Crippen LogP contribution in [0.2, 0.25) is 0 Å². The van der Waals surface area contributed by atoms with E-state index < -0.39 is 36.3 Å². The third kappa shape index (κ3) is 6.09. The summed E-state index contributed by atoms with van der Waals surface area (Å²) < 4.78 is 14.1. The predicted molar refractivity (Wildman–Crippen MR) is 143 cm³/mol. The molecule has 1 heterocycles. The van der Waals surface area contributed by atoms with Crippen molar-refractivity contribution in [3.05, 3.63) is 69.7 Å². The molecule has 1 atom stereocenters. The van der Waals surface area contributed by atoms with Crippen molar-refractivity contribution in [2.45, 2.75) is 26.8 Å². The van der Waals surface area contributed by atoms with Crippen LogP contribution in [-0.2, 0) is 14.3 Å². The first kappa shape index (κ1) is 28.1. The van der Waals surface area contributed by atoms with Gasteiger partial charge in [-0.15, -0.1) is 0 Å². The number of ether oxygens (including phenoxy) is 2. The van der Waals surface area contributed by atoms with E-state index in [0.717, 1.165) is 5.56 Å². The van der Waals surface area contributed by atoms with Crippen LogP contribution in [0.1, 0.15) is 49.8 Å². The van der Waals surface area contributed by atoms with Crippen LogP contribution < -0.4 is 26.4 Å². The first-order valence-corrected chi connectivity index (χ1v) is 12.4. The van der Waals surface area contributed by atoms with E-state index in [1.54, 1.807) is 44.2 Å². The molecule has 0 saturated carbocycles. The minimum atomic E-state index is -1.25. The second kappa shape index (κ2) is 12.2. The number of hydrogen-bond donors (Lipinski definition) is 3. The Labute approximate surface area is 223 Å². The van der Waals surface area contributed by atoms with E-state index in [1.807, 2.05) is 19.1 Å². The van der Waals surface area contributed by atoms with Crippen LogP contribution in [0, 0.1) is 13.8 Å². The molecule has 11 nitrogen and oxygen atoms in total. The molecule has 38 heavy (non-hydrogen) atoms. The lowest BCUT2D eigenvalue weighted by Gasteiger charge is -2.32. The highest BCUT2D eigenvalue weighted by atomic mass is 32.1. The van der Waals surface area contributed by atoms with Gasteiger partial charge in [0.1, 0.15) is 23.2 Å². The molecule has 0 aliphatic carbocycles. The van der Waals surface area contributed by atoms with Crippen molar-refractivity contribution in [3.63, 3.8) is 0 Å². The number of hydrogen-bond acceptors (Lipinski definition) is 9. The van der Waals surface area contributed by atoms with Crippen LogP contribution in [0.4, 0.5) is 11.4 Å². The fourth-order valence-electron chi connectivity index (χ4n) is 3.76. The van der Waals surface area contributed by atoms with Gasteiger partial charge in [0.2, 0.25) is 5.91 Å². The maximum atomic E-state index is 14.1. The maximum Gasteiger partial charge on any atom is 0.325 e. The SMILES string of the molecule is CCOC(=O)CNC(=O)[C@H](c1ccc(OC)cc1)N(C(=O)c1snc(C(N)=O)c1N)c1cc(C)ccc1C. The summed E-state index contributed by atoms with van der Waals surface area (Å²) in [5, 5.41) is 2.57. The third-order valence-electron chi connectivity index (χ3n) is 5.65. The van der Waals surface area contributed by atoms with Gasteiger partial charge in [-0.1, -0.05) is 24.3 Å². The van der Waals surface area contributed by atoms with Gasteiger partial charge < -0.3 is 26.3 Å². The summed E-state index contributed by atoms with van der Waals surface area (Å²) in [6.45, 7) is 5.04. The standard InChI is InChI=1S/C26H29N5O6S/c1-5-37-19(32)13-29-25(34)22(16-8-10-17(36-4)11-9-16)31(18-12-14(2)6-7-15(18)3)26(35)23-20(27)21(24(28)33)30-38-23/h6-12,22H,5,13,27H2,1-4H3,(H2,28,33)(H,29,34)/t22-/m0/s1. The zero-order chi connectivity index (χ0) is 28.0. The molecule has 200 valence electrons. The Hall–Kier alpha value is -4.45. The number of primary amides is 1. The number of rotatable bonds is 10. The Morgan fingerprint density at radius 1 is 1.11 bits per heavy atom. The van der Waals surface area contributed by atoms with Gasteiger partial charge in [0.05, 0.1) is 19.4 Å². The molecule has 5 N–H and O–H groups in total. The topological polar surface area (TPSA) is 167 Å². The van der Waals surface area contributed by atoms with E-state index in [1.165, 1.54) is 12.0 Å². The minimum Gasteiger partial charge on any atom is -0.497 e. The van der Waals surface area contributed by atoms with Crippen LogP contribution in [-0.4, -0.2) is 48.3 Å². The molecular formula is C26H29N5O6S. The first-order valence-electron chi connectivity index (χ1n) is 11.6. The molecule has 1 aromatic heterocycles. The highest BCUT2D eigenvalue weighted by molar-refractivity contribution is 7.09. The number of methoxy groups -OCH3 is 1. The van der Waals surface area contributed by atoms with E-state index in [-0.39, 0.29) is 22.9 Å². The van der Waals surface area contributed by atoms with Gasteiger partial charge in [-0.05, 0) is 67.2 Å². The second-order valence-corrected chi connectivity index (χ2v) is 9.08. The third-order valence-corrected chi connectivity index (χ3v) is 6.50. The van der Waals surface area contributed by atoms with Crippen molar-refractivity contribution in [2.24, 2.45) is 5.73 Å². The summed E-state index contributed by atoms with van der Waals surface area (Å²) in [5.74, 6) is -2.28. The van der Waals surface area contributed by atoms with Gasteiger partial charge in [0.15, 0.2) is 5.69 Å². The lowest BCUT2D eigenvalue weighted by atomic mass is 10.0. The van der Waals surface area contributed by atoms with Gasteiger partial charge in [-0.25, -0.2) is 0 Å². The molecule has 0 radical (unpaired) electrons. The molecule has 0 aliphatic heterocycles. The van der Waals surface area contributed by atoms with Gasteiger partial charge >= 0.3 is 5.97 Å². The fourth-order valence-corrected chi connectivity index (χ4v) is 4.50. The van der Waals surface area contributed by atoms with Crippen LogP contribution in [0.3, 0.4) is 0 Å². The largest absolute Gasteiger partial charge is 0.497 e. The lowest BCUT2D eigenvalue weighted by Crippen LogP contribution is -2.45. The highest BCUT2D eigenvalue weighted by Gasteiger charge is 2.37. The molecule has 0 bridgehead atoms. The van der Waals surface area contributed by atoms with E-state index in [9.17, 15) is 19.2 Å². The average molecular weight is 540 g/mol. The number of aromatic nitrogens is 1. The Balaban J connectivity index is 2.21. The summed E-state index contributed by atoms with van der Waals surface area (Å²) in [7, 11) is 1.51. The molecule has 0 saturated heterocycles. The van der Waals surface area contributed by atoms with Gasteiger partial charge in [0.25, 0.3) is 11.8 Å². The fraction of sp³-hybridized carbons (Fsp3) is 0.269. The van der Waals surface area contributed by atoms with E-state index >= 15 is 0 Å². The Bertz CT molecular complexity index is 1350. The number of nitrogens with two attached hydrogens (primary N) is 2.